The van der Waals surface area contributed by atoms with Crippen LogP contribution in [-0.4, -0.2) is 57.0 Å². The summed E-state index contributed by atoms with van der Waals surface area (Å²) < 4.78 is 31.3. The second-order valence-electron chi connectivity index (χ2n) is 4.83. The van der Waals surface area contributed by atoms with E-state index in [9.17, 15) is 13.2 Å². The fourth-order valence-electron chi connectivity index (χ4n) is 2.29. The topological polar surface area (TPSA) is 92.9 Å². The Morgan fingerprint density at radius 2 is 1.86 bits per heavy atom. The van der Waals surface area contributed by atoms with Gasteiger partial charge >= 0.3 is 6.09 Å². The Balaban J connectivity index is 2.19. The summed E-state index contributed by atoms with van der Waals surface area (Å²) in [4.78, 5) is 13.1. The number of carbonyl (C=O) groups excluding carboxylic acids is 1. The molecule has 116 valence electrons. The molecule has 2 N–H and O–H groups in total. The van der Waals surface area contributed by atoms with Crippen molar-refractivity contribution in [3.63, 3.8) is 0 Å². The molecule has 1 aliphatic heterocycles. The Morgan fingerprint density at radius 3 is 2.43 bits per heavy atom. The lowest BCUT2D eigenvalue weighted by atomic mass is 10.2. The standard InChI is InChI=1S/C13H19N3O4S/c1-10-11(14)4-3-5-12(10)21(18,19)16-8-6-15(7-9-16)13(17)20-2/h3-5H,6-9,14H2,1-2H3. The fourth-order valence-corrected chi connectivity index (χ4v) is 3.97. The number of sulfonamides is 1. The minimum absolute atomic E-state index is 0.217. The van der Waals surface area contributed by atoms with E-state index in [4.69, 9.17) is 5.73 Å². The Kier molecular flexibility index (Phi) is 4.38. The Morgan fingerprint density at radius 1 is 1.24 bits per heavy atom. The SMILES string of the molecule is COC(=O)N1CCN(S(=O)(=O)c2cccc(N)c2C)CC1. The summed E-state index contributed by atoms with van der Waals surface area (Å²) in [5.41, 5.74) is 6.77. The lowest BCUT2D eigenvalue weighted by molar-refractivity contribution is 0.108. The maximum atomic E-state index is 12.6. The molecule has 7 nitrogen and oxygen atoms in total. The van der Waals surface area contributed by atoms with Crippen molar-refractivity contribution in [2.24, 2.45) is 0 Å². The second-order valence-corrected chi connectivity index (χ2v) is 6.74. The summed E-state index contributed by atoms with van der Waals surface area (Å²) in [7, 11) is -2.29. The summed E-state index contributed by atoms with van der Waals surface area (Å²) in [6.45, 7) is 2.80. The third-order valence-corrected chi connectivity index (χ3v) is 5.66. The molecule has 0 atom stereocenters. The minimum atomic E-state index is -3.60. The average molecular weight is 313 g/mol. The van der Waals surface area contributed by atoms with E-state index in [1.165, 1.54) is 16.3 Å². The van der Waals surface area contributed by atoms with Crippen LogP contribution in [0.1, 0.15) is 5.56 Å². The summed E-state index contributed by atoms with van der Waals surface area (Å²) in [6.07, 6.45) is -0.438. The van der Waals surface area contributed by atoms with E-state index in [1.807, 2.05) is 0 Å². The number of hydrogen-bond acceptors (Lipinski definition) is 5. The van der Waals surface area contributed by atoms with Crippen LogP contribution in [0.3, 0.4) is 0 Å². The van der Waals surface area contributed by atoms with Crippen molar-refractivity contribution in [2.45, 2.75) is 11.8 Å². The maximum absolute atomic E-state index is 12.6. The first-order valence-electron chi connectivity index (χ1n) is 6.56. The van der Waals surface area contributed by atoms with Gasteiger partial charge in [0.25, 0.3) is 0 Å². The zero-order valence-electron chi connectivity index (χ0n) is 12.1. The van der Waals surface area contributed by atoms with Gasteiger partial charge in [0.2, 0.25) is 10.0 Å². The fraction of sp³-hybridized carbons (Fsp3) is 0.462. The van der Waals surface area contributed by atoms with Crippen LogP contribution in [-0.2, 0) is 14.8 Å². The molecule has 1 aromatic carbocycles. The van der Waals surface area contributed by atoms with Gasteiger partial charge in [-0.15, -0.1) is 0 Å². The molecule has 0 bridgehead atoms. The highest BCUT2D eigenvalue weighted by atomic mass is 32.2. The van der Waals surface area contributed by atoms with Gasteiger partial charge in [0.15, 0.2) is 0 Å². The molecule has 0 aromatic heterocycles. The van der Waals surface area contributed by atoms with Crippen LogP contribution in [0, 0.1) is 6.92 Å². The summed E-state index contributed by atoms with van der Waals surface area (Å²) in [5, 5.41) is 0. The number of anilines is 1. The number of hydrogen-bond donors (Lipinski definition) is 1. The molecular weight excluding hydrogens is 294 g/mol. The van der Waals surface area contributed by atoms with Crippen LogP contribution in [0.4, 0.5) is 10.5 Å². The molecule has 1 aliphatic rings. The van der Waals surface area contributed by atoms with Gasteiger partial charge in [0.1, 0.15) is 0 Å². The van der Waals surface area contributed by atoms with Crippen molar-refractivity contribution >= 4 is 21.8 Å². The molecule has 0 unspecified atom stereocenters. The second kappa shape index (κ2) is 5.90. The first-order chi connectivity index (χ1) is 9.87. The molecule has 1 fully saturated rings. The normalized spacial score (nSPS) is 16.8. The van der Waals surface area contributed by atoms with Crippen LogP contribution in [0.5, 0.6) is 0 Å². The van der Waals surface area contributed by atoms with Crippen LogP contribution in [0.25, 0.3) is 0 Å². The number of nitrogen functional groups attached to an aromatic ring is 1. The molecule has 2 rings (SSSR count). The molecule has 1 amide bonds. The molecular formula is C13H19N3O4S. The molecule has 0 aliphatic carbocycles. The molecule has 0 saturated carbocycles. The monoisotopic (exact) mass is 313 g/mol. The summed E-state index contributed by atoms with van der Waals surface area (Å²) in [6, 6.07) is 4.84. The van der Waals surface area contributed by atoms with E-state index < -0.39 is 16.1 Å². The number of nitrogens with zero attached hydrogens (tertiary/aromatic N) is 2. The zero-order chi connectivity index (χ0) is 15.6. The van der Waals surface area contributed by atoms with E-state index in [-0.39, 0.29) is 18.0 Å². The van der Waals surface area contributed by atoms with Crippen LogP contribution < -0.4 is 5.73 Å². The van der Waals surface area contributed by atoms with Crippen molar-refractivity contribution in [3.05, 3.63) is 23.8 Å². The summed E-state index contributed by atoms with van der Waals surface area (Å²) in [5.74, 6) is 0. The number of piperazine rings is 1. The van der Waals surface area contributed by atoms with E-state index in [1.54, 1.807) is 25.1 Å². The molecule has 1 saturated heterocycles. The number of methoxy groups -OCH3 is 1. The van der Waals surface area contributed by atoms with Crippen molar-refractivity contribution in [3.8, 4) is 0 Å². The van der Waals surface area contributed by atoms with E-state index in [0.29, 0.717) is 24.3 Å². The lowest BCUT2D eigenvalue weighted by Crippen LogP contribution is -2.50. The van der Waals surface area contributed by atoms with Crippen molar-refractivity contribution in [1.29, 1.82) is 0 Å². The van der Waals surface area contributed by atoms with Gasteiger partial charge in [0.05, 0.1) is 12.0 Å². The van der Waals surface area contributed by atoms with Gasteiger partial charge in [-0.25, -0.2) is 13.2 Å². The number of nitrogens with two attached hydrogens (primary N) is 1. The van der Waals surface area contributed by atoms with Gasteiger partial charge in [-0.3, -0.25) is 0 Å². The largest absolute Gasteiger partial charge is 0.453 e. The average Bonchev–Trinajstić information content (AvgIpc) is 2.49. The van der Waals surface area contributed by atoms with E-state index in [2.05, 4.69) is 4.74 Å². The van der Waals surface area contributed by atoms with Crippen LogP contribution in [0.2, 0.25) is 0 Å². The van der Waals surface area contributed by atoms with Crippen LogP contribution >= 0.6 is 0 Å². The molecule has 0 radical (unpaired) electrons. The van der Waals surface area contributed by atoms with Crippen molar-refractivity contribution in [1.82, 2.24) is 9.21 Å². The highest BCUT2D eigenvalue weighted by Crippen LogP contribution is 2.24. The van der Waals surface area contributed by atoms with E-state index in [0.717, 1.165) is 0 Å². The van der Waals surface area contributed by atoms with E-state index >= 15 is 0 Å². The predicted molar refractivity (Wildman–Crippen MR) is 78.3 cm³/mol. The number of amides is 1. The highest BCUT2D eigenvalue weighted by molar-refractivity contribution is 7.89. The Hall–Kier alpha value is -1.80. The Bertz CT molecular complexity index is 637. The molecule has 1 heterocycles. The predicted octanol–water partition coefficient (Wildman–Crippen LogP) is 0.650. The minimum Gasteiger partial charge on any atom is -0.453 e. The van der Waals surface area contributed by atoms with Crippen molar-refractivity contribution in [2.75, 3.05) is 39.0 Å². The number of carbonyl (C=O) groups is 1. The molecule has 0 spiro atoms. The van der Waals surface area contributed by atoms with Gasteiger partial charge in [-0.2, -0.15) is 4.31 Å². The summed E-state index contributed by atoms with van der Waals surface area (Å²) >= 11 is 0. The quantitative estimate of drug-likeness (QED) is 0.809. The van der Waals surface area contributed by atoms with Gasteiger partial charge < -0.3 is 15.4 Å². The lowest BCUT2D eigenvalue weighted by Gasteiger charge is -2.33. The third kappa shape index (κ3) is 2.96. The maximum Gasteiger partial charge on any atom is 0.409 e. The first kappa shape index (κ1) is 15.6. The van der Waals surface area contributed by atoms with Crippen molar-refractivity contribution < 1.29 is 17.9 Å². The number of benzene rings is 1. The molecule has 21 heavy (non-hydrogen) atoms. The highest BCUT2D eigenvalue weighted by Gasteiger charge is 2.31. The van der Waals surface area contributed by atoms with Gasteiger partial charge in [-0.05, 0) is 24.6 Å². The zero-order valence-corrected chi connectivity index (χ0v) is 12.9. The van der Waals surface area contributed by atoms with Gasteiger partial charge in [-0.1, -0.05) is 6.07 Å². The first-order valence-corrected chi connectivity index (χ1v) is 8.00. The molecule has 1 aromatic rings. The Labute approximate surface area is 124 Å². The van der Waals surface area contributed by atoms with Gasteiger partial charge in [0, 0.05) is 31.9 Å². The number of ether oxygens (including phenoxy) is 1. The van der Waals surface area contributed by atoms with Crippen LogP contribution in [0.15, 0.2) is 23.1 Å². The molecule has 8 heteroatoms. The number of rotatable bonds is 2. The smallest absolute Gasteiger partial charge is 0.409 e. The third-order valence-electron chi connectivity index (χ3n) is 3.62.